The number of carbonyl (C=O) groups excluding carboxylic acids is 2. The van der Waals surface area contributed by atoms with Crippen molar-refractivity contribution in [1.29, 1.82) is 0 Å². The summed E-state index contributed by atoms with van der Waals surface area (Å²) >= 11 is 2.98. The van der Waals surface area contributed by atoms with Crippen LogP contribution in [0, 0.1) is 5.92 Å². The molecule has 0 spiro atoms. The Balaban J connectivity index is 1.72. The summed E-state index contributed by atoms with van der Waals surface area (Å²) < 4.78 is 0. The van der Waals surface area contributed by atoms with E-state index in [1.807, 2.05) is 30.3 Å². The molecule has 2 aromatic rings. The summed E-state index contributed by atoms with van der Waals surface area (Å²) in [6, 6.07) is 9.77. The largest absolute Gasteiger partial charge is 0.365 e. The predicted octanol–water partition coefficient (Wildman–Crippen LogP) is 3.70. The molecule has 6 heteroatoms. The van der Waals surface area contributed by atoms with Crippen LogP contribution in [0.25, 0.3) is 0 Å². The molecule has 0 saturated heterocycles. The van der Waals surface area contributed by atoms with Crippen molar-refractivity contribution in [1.82, 2.24) is 0 Å². The Morgan fingerprint density at radius 2 is 2.08 bits per heavy atom. The topological polar surface area (TPSA) is 72.2 Å². The number of carbonyl (C=O) groups is 2. The molecule has 126 valence electrons. The number of hydrogen-bond donors (Lipinski definition) is 2. The number of primary amides is 1. The van der Waals surface area contributed by atoms with Crippen LogP contribution in [0.4, 0.5) is 5.00 Å². The van der Waals surface area contributed by atoms with Crippen molar-refractivity contribution in [2.75, 3.05) is 11.1 Å². The van der Waals surface area contributed by atoms with E-state index in [0.29, 0.717) is 22.2 Å². The summed E-state index contributed by atoms with van der Waals surface area (Å²) in [5.74, 6) is 0.349. The van der Waals surface area contributed by atoms with Gasteiger partial charge in [-0.05, 0) is 42.9 Å². The van der Waals surface area contributed by atoms with Gasteiger partial charge in [0.05, 0.1) is 11.3 Å². The second-order valence-electron chi connectivity index (χ2n) is 6.07. The van der Waals surface area contributed by atoms with Gasteiger partial charge in [-0.15, -0.1) is 23.1 Å². The highest BCUT2D eigenvalue weighted by Gasteiger charge is 2.27. The Kier molecular flexibility index (Phi) is 5.26. The number of benzene rings is 1. The van der Waals surface area contributed by atoms with Crippen LogP contribution in [0.15, 0.2) is 35.2 Å². The highest BCUT2D eigenvalue weighted by atomic mass is 32.2. The number of nitrogens with one attached hydrogen (secondary N) is 1. The summed E-state index contributed by atoms with van der Waals surface area (Å²) in [6.45, 7) is 2.21. The third kappa shape index (κ3) is 3.82. The van der Waals surface area contributed by atoms with Crippen molar-refractivity contribution >= 4 is 39.9 Å². The summed E-state index contributed by atoms with van der Waals surface area (Å²) in [6.07, 6.45) is 2.87. The first-order valence-electron chi connectivity index (χ1n) is 7.96. The quantitative estimate of drug-likeness (QED) is 0.799. The molecule has 3 N–H and O–H groups in total. The first-order chi connectivity index (χ1) is 11.5. The molecule has 24 heavy (non-hydrogen) atoms. The number of anilines is 1. The number of hydrogen-bond acceptors (Lipinski definition) is 4. The molecule has 1 aliphatic rings. The molecule has 0 radical (unpaired) electrons. The molecule has 0 bridgehead atoms. The number of thioether (sulfide) groups is 1. The molecule has 3 rings (SSSR count). The zero-order chi connectivity index (χ0) is 17.1. The average Bonchev–Trinajstić information content (AvgIpc) is 2.90. The molecule has 1 heterocycles. The molecular weight excluding hydrogens is 340 g/mol. The van der Waals surface area contributed by atoms with E-state index in [0.717, 1.165) is 29.7 Å². The van der Waals surface area contributed by atoms with E-state index in [9.17, 15) is 9.59 Å². The van der Waals surface area contributed by atoms with Crippen molar-refractivity contribution in [2.24, 2.45) is 11.7 Å². The normalized spacial score (nSPS) is 16.5. The van der Waals surface area contributed by atoms with Gasteiger partial charge in [-0.2, -0.15) is 0 Å². The minimum absolute atomic E-state index is 0.113. The van der Waals surface area contributed by atoms with Crippen molar-refractivity contribution in [3.63, 3.8) is 0 Å². The Labute approximate surface area is 149 Å². The molecule has 0 unspecified atom stereocenters. The summed E-state index contributed by atoms with van der Waals surface area (Å²) in [5, 5.41) is 3.50. The molecule has 0 fully saturated rings. The zero-order valence-corrected chi connectivity index (χ0v) is 15.1. The van der Waals surface area contributed by atoms with Gasteiger partial charge in [-0.1, -0.05) is 25.1 Å². The van der Waals surface area contributed by atoms with Crippen LogP contribution >= 0.6 is 23.1 Å². The van der Waals surface area contributed by atoms with Gasteiger partial charge in [0.25, 0.3) is 5.91 Å². The number of amides is 2. The molecule has 1 aromatic heterocycles. The molecule has 0 aliphatic heterocycles. The molecule has 1 aliphatic carbocycles. The van der Waals surface area contributed by atoms with Crippen LogP contribution in [0.5, 0.6) is 0 Å². The maximum absolute atomic E-state index is 12.3. The lowest BCUT2D eigenvalue weighted by Gasteiger charge is -2.18. The standard InChI is InChI=1S/C18H20N2O2S2/c1-11-7-8-13-14(9-11)24-18(16(13)17(19)22)20-15(21)10-23-12-5-3-2-4-6-12/h2-6,11H,7-10H2,1H3,(H2,19,22)(H,20,21)/t11-/m0/s1. The van der Waals surface area contributed by atoms with Gasteiger partial charge in [-0.25, -0.2) is 0 Å². The third-order valence-corrected chi connectivity index (χ3v) is 6.31. The van der Waals surface area contributed by atoms with Crippen LogP contribution in [-0.2, 0) is 17.6 Å². The lowest BCUT2D eigenvalue weighted by Crippen LogP contribution is -2.20. The Morgan fingerprint density at radius 3 is 2.79 bits per heavy atom. The van der Waals surface area contributed by atoms with Crippen LogP contribution in [0.1, 0.15) is 34.1 Å². The lowest BCUT2D eigenvalue weighted by molar-refractivity contribution is -0.113. The van der Waals surface area contributed by atoms with E-state index in [1.54, 1.807) is 0 Å². The van der Waals surface area contributed by atoms with Gasteiger partial charge < -0.3 is 11.1 Å². The molecule has 4 nitrogen and oxygen atoms in total. The number of fused-ring (bicyclic) bond motifs is 1. The summed E-state index contributed by atoms with van der Waals surface area (Å²) in [5.41, 5.74) is 7.12. The van der Waals surface area contributed by atoms with Crippen molar-refractivity contribution in [3.05, 3.63) is 46.3 Å². The van der Waals surface area contributed by atoms with Gasteiger partial charge in [0.15, 0.2) is 0 Å². The second-order valence-corrected chi connectivity index (χ2v) is 8.22. The van der Waals surface area contributed by atoms with Gasteiger partial charge in [0.2, 0.25) is 5.91 Å². The van der Waals surface area contributed by atoms with Crippen LogP contribution < -0.4 is 11.1 Å². The third-order valence-electron chi connectivity index (χ3n) is 4.12. The van der Waals surface area contributed by atoms with E-state index < -0.39 is 5.91 Å². The summed E-state index contributed by atoms with van der Waals surface area (Å²) in [7, 11) is 0. The molecule has 0 saturated carbocycles. The maximum Gasteiger partial charge on any atom is 0.251 e. The Bertz CT molecular complexity index is 756. The van der Waals surface area contributed by atoms with Gasteiger partial charge in [-0.3, -0.25) is 9.59 Å². The smallest absolute Gasteiger partial charge is 0.251 e. The fourth-order valence-electron chi connectivity index (χ4n) is 2.93. The maximum atomic E-state index is 12.3. The van der Waals surface area contributed by atoms with Crippen LogP contribution in [-0.4, -0.2) is 17.6 Å². The highest BCUT2D eigenvalue weighted by molar-refractivity contribution is 8.00. The van der Waals surface area contributed by atoms with E-state index in [-0.39, 0.29) is 5.91 Å². The second kappa shape index (κ2) is 7.40. The first kappa shape index (κ1) is 17.0. The number of rotatable bonds is 5. The molecular formula is C18H20N2O2S2. The minimum atomic E-state index is -0.451. The van der Waals surface area contributed by atoms with E-state index in [1.165, 1.54) is 28.0 Å². The van der Waals surface area contributed by atoms with Gasteiger partial charge >= 0.3 is 0 Å². The average molecular weight is 361 g/mol. The number of thiophene rings is 1. The van der Waals surface area contributed by atoms with E-state index in [2.05, 4.69) is 12.2 Å². The first-order valence-corrected chi connectivity index (χ1v) is 9.77. The predicted molar refractivity (Wildman–Crippen MR) is 99.8 cm³/mol. The molecule has 1 aromatic carbocycles. The zero-order valence-electron chi connectivity index (χ0n) is 13.5. The minimum Gasteiger partial charge on any atom is -0.365 e. The van der Waals surface area contributed by atoms with Crippen LogP contribution in [0.2, 0.25) is 0 Å². The van der Waals surface area contributed by atoms with Crippen LogP contribution in [0.3, 0.4) is 0 Å². The van der Waals surface area contributed by atoms with Gasteiger partial charge in [0, 0.05) is 9.77 Å². The Morgan fingerprint density at radius 1 is 1.33 bits per heavy atom. The molecule has 1 atom stereocenters. The monoisotopic (exact) mass is 360 g/mol. The summed E-state index contributed by atoms with van der Waals surface area (Å²) in [4.78, 5) is 26.4. The van der Waals surface area contributed by atoms with E-state index >= 15 is 0 Å². The SMILES string of the molecule is C[C@H]1CCc2c(sc(NC(=O)CSc3ccccc3)c2C(N)=O)C1. The van der Waals surface area contributed by atoms with Gasteiger partial charge in [0.1, 0.15) is 5.00 Å². The fraction of sp³-hybridized carbons (Fsp3) is 0.333. The van der Waals surface area contributed by atoms with Crippen molar-refractivity contribution < 1.29 is 9.59 Å². The lowest BCUT2D eigenvalue weighted by atomic mass is 9.88. The van der Waals surface area contributed by atoms with E-state index in [4.69, 9.17) is 5.73 Å². The fourth-order valence-corrected chi connectivity index (χ4v) is 5.08. The van der Waals surface area contributed by atoms with Crippen molar-refractivity contribution in [3.8, 4) is 0 Å². The highest BCUT2D eigenvalue weighted by Crippen LogP contribution is 2.39. The Hall–Kier alpha value is -1.79. The molecule has 2 amide bonds. The number of nitrogens with two attached hydrogens (primary N) is 1. The van der Waals surface area contributed by atoms with Crippen molar-refractivity contribution in [2.45, 2.75) is 31.1 Å².